The molecule has 25 heavy (non-hydrogen) atoms. The summed E-state index contributed by atoms with van der Waals surface area (Å²) in [6.45, 7) is 14.2. The second-order valence-corrected chi connectivity index (χ2v) is 13.6. The predicted octanol–water partition coefficient (Wildman–Crippen LogP) is 6.85. The zero-order valence-electron chi connectivity index (χ0n) is 16.6. The van der Waals surface area contributed by atoms with Crippen LogP contribution in [-0.4, -0.2) is 8.07 Å². The highest BCUT2D eigenvalue weighted by Crippen LogP contribution is 2.40. The van der Waals surface area contributed by atoms with Crippen LogP contribution in [0.25, 0.3) is 0 Å². The first kappa shape index (κ1) is 19.5. The van der Waals surface area contributed by atoms with E-state index in [-0.39, 0.29) is 0 Å². The first-order valence-electron chi connectivity index (χ1n) is 9.52. The fourth-order valence-corrected chi connectivity index (χ4v) is 9.43. The SMILES string of the molecule is CC(C)[Si](C#Cc1cccc(Cc2ccccc2)c1)(C(C)C)C(C)C. The van der Waals surface area contributed by atoms with Crippen LogP contribution in [0, 0.1) is 11.5 Å². The van der Waals surface area contributed by atoms with E-state index >= 15 is 0 Å². The highest BCUT2D eigenvalue weighted by Gasteiger charge is 2.41. The molecule has 0 amide bonds. The zero-order chi connectivity index (χ0) is 18.4. The van der Waals surface area contributed by atoms with Crippen molar-refractivity contribution in [3.05, 3.63) is 71.3 Å². The van der Waals surface area contributed by atoms with Crippen molar-refractivity contribution in [3.63, 3.8) is 0 Å². The third kappa shape index (κ3) is 4.64. The lowest BCUT2D eigenvalue weighted by molar-refractivity contribution is 0.838. The van der Waals surface area contributed by atoms with Crippen molar-refractivity contribution in [1.29, 1.82) is 0 Å². The van der Waals surface area contributed by atoms with E-state index in [1.54, 1.807) is 0 Å². The highest BCUT2D eigenvalue weighted by molar-refractivity contribution is 6.90. The van der Waals surface area contributed by atoms with Crippen molar-refractivity contribution >= 4 is 8.07 Å². The predicted molar refractivity (Wildman–Crippen MR) is 114 cm³/mol. The largest absolute Gasteiger partial charge is 0.146 e. The summed E-state index contributed by atoms with van der Waals surface area (Å²) in [7, 11) is -1.66. The Morgan fingerprint density at radius 2 is 1.28 bits per heavy atom. The number of hydrogen-bond donors (Lipinski definition) is 0. The lowest BCUT2D eigenvalue weighted by atomic mass is 10.0. The summed E-state index contributed by atoms with van der Waals surface area (Å²) < 4.78 is 0. The van der Waals surface area contributed by atoms with Crippen molar-refractivity contribution in [2.24, 2.45) is 0 Å². The maximum absolute atomic E-state index is 3.83. The summed E-state index contributed by atoms with van der Waals surface area (Å²) >= 11 is 0. The molecule has 0 aliphatic heterocycles. The molecule has 0 radical (unpaired) electrons. The minimum Gasteiger partial charge on any atom is -0.125 e. The van der Waals surface area contributed by atoms with E-state index in [1.165, 1.54) is 11.1 Å². The maximum atomic E-state index is 3.83. The topological polar surface area (TPSA) is 0 Å². The molecule has 0 aliphatic carbocycles. The average molecular weight is 349 g/mol. The summed E-state index contributed by atoms with van der Waals surface area (Å²) in [5.41, 5.74) is 9.70. The molecule has 0 atom stereocenters. The quantitative estimate of drug-likeness (QED) is 0.409. The van der Waals surface area contributed by atoms with E-state index in [9.17, 15) is 0 Å². The van der Waals surface area contributed by atoms with Crippen molar-refractivity contribution < 1.29 is 0 Å². The van der Waals surface area contributed by atoms with Gasteiger partial charge in [0, 0.05) is 5.56 Å². The van der Waals surface area contributed by atoms with Crippen LogP contribution in [0.15, 0.2) is 54.6 Å². The van der Waals surface area contributed by atoms with Crippen LogP contribution < -0.4 is 0 Å². The Balaban J connectivity index is 2.31. The first-order valence-corrected chi connectivity index (χ1v) is 11.8. The molecular formula is C24H32Si. The van der Waals surface area contributed by atoms with Gasteiger partial charge in [-0.1, -0.05) is 89.9 Å². The molecule has 2 aromatic rings. The second kappa shape index (κ2) is 8.54. The molecule has 1 heteroatoms. The van der Waals surface area contributed by atoms with E-state index in [2.05, 4.69) is 108 Å². The van der Waals surface area contributed by atoms with Gasteiger partial charge in [0.25, 0.3) is 0 Å². The van der Waals surface area contributed by atoms with E-state index in [0.29, 0.717) is 16.6 Å². The van der Waals surface area contributed by atoms with Gasteiger partial charge in [-0.2, -0.15) is 0 Å². The Morgan fingerprint density at radius 3 is 1.84 bits per heavy atom. The van der Waals surface area contributed by atoms with Crippen LogP contribution in [0.1, 0.15) is 58.2 Å². The van der Waals surface area contributed by atoms with Gasteiger partial charge in [0.15, 0.2) is 0 Å². The van der Waals surface area contributed by atoms with Crippen molar-refractivity contribution in [3.8, 4) is 11.5 Å². The molecule has 0 heterocycles. The van der Waals surface area contributed by atoms with Gasteiger partial charge in [0.2, 0.25) is 0 Å². The van der Waals surface area contributed by atoms with E-state index < -0.39 is 8.07 Å². The molecule has 0 spiro atoms. The molecule has 0 saturated heterocycles. The third-order valence-corrected chi connectivity index (χ3v) is 11.8. The van der Waals surface area contributed by atoms with Crippen molar-refractivity contribution in [2.75, 3.05) is 0 Å². The van der Waals surface area contributed by atoms with Crippen LogP contribution in [0.2, 0.25) is 16.6 Å². The molecule has 2 rings (SSSR count). The van der Waals surface area contributed by atoms with Gasteiger partial charge >= 0.3 is 0 Å². The van der Waals surface area contributed by atoms with E-state index in [0.717, 1.165) is 12.0 Å². The molecule has 132 valence electrons. The Hall–Kier alpha value is -1.78. The molecule has 0 nitrogen and oxygen atoms in total. The first-order chi connectivity index (χ1) is 11.9. The van der Waals surface area contributed by atoms with Gasteiger partial charge in [0.1, 0.15) is 8.07 Å². The highest BCUT2D eigenvalue weighted by atomic mass is 28.3. The van der Waals surface area contributed by atoms with Crippen LogP contribution in [-0.2, 0) is 6.42 Å². The minimum atomic E-state index is -1.66. The summed E-state index contributed by atoms with van der Waals surface area (Å²) in [6, 6.07) is 19.4. The molecule has 2 aromatic carbocycles. The third-order valence-electron chi connectivity index (χ3n) is 5.47. The Labute approximate surface area is 155 Å². The standard InChI is InChI=1S/C24H32Si/c1-19(2)25(20(3)4,21(5)6)16-15-23-13-10-14-24(18-23)17-22-11-8-7-9-12-22/h7-14,18-21H,17H2,1-6H3. The number of rotatable bonds is 5. The number of benzene rings is 2. The molecule has 0 unspecified atom stereocenters. The summed E-state index contributed by atoms with van der Waals surface area (Å²) in [6.07, 6.45) is 0.970. The average Bonchev–Trinajstić information content (AvgIpc) is 2.55. The van der Waals surface area contributed by atoms with Gasteiger partial charge in [-0.3, -0.25) is 0 Å². The van der Waals surface area contributed by atoms with Crippen molar-refractivity contribution in [2.45, 2.75) is 64.6 Å². The fourth-order valence-electron chi connectivity index (χ4n) is 4.20. The lowest BCUT2D eigenvalue weighted by Gasteiger charge is -2.38. The Morgan fingerprint density at radius 1 is 0.720 bits per heavy atom. The van der Waals surface area contributed by atoms with Gasteiger partial charge in [-0.15, -0.1) is 5.54 Å². The molecule has 0 bridgehead atoms. The van der Waals surface area contributed by atoms with Crippen LogP contribution in [0.3, 0.4) is 0 Å². The minimum absolute atomic E-state index is 0.674. The van der Waals surface area contributed by atoms with Gasteiger partial charge in [-0.25, -0.2) is 0 Å². The van der Waals surface area contributed by atoms with Gasteiger partial charge in [-0.05, 0) is 46.3 Å². The smallest absolute Gasteiger partial charge is 0.125 e. The van der Waals surface area contributed by atoms with Crippen LogP contribution in [0.5, 0.6) is 0 Å². The zero-order valence-corrected chi connectivity index (χ0v) is 17.6. The van der Waals surface area contributed by atoms with Gasteiger partial charge in [0.05, 0.1) is 0 Å². The summed E-state index contributed by atoms with van der Waals surface area (Å²) in [5, 5.41) is 0. The molecule has 0 aromatic heterocycles. The molecule has 0 fully saturated rings. The normalized spacial score (nSPS) is 11.7. The molecule has 0 saturated carbocycles. The van der Waals surface area contributed by atoms with Crippen LogP contribution in [0.4, 0.5) is 0 Å². The Bertz CT molecular complexity index is 708. The second-order valence-electron chi connectivity index (χ2n) is 8.01. The maximum Gasteiger partial charge on any atom is 0.146 e. The van der Waals surface area contributed by atoms with E-state index in [4.69, 9.17) is 0 Å². The molecular weight excluding hydrogens is 316 g/mol. The fraction of sp³-hybridized carbons (Fsp3) is 0.417. The van der Waals surface area contributed by atoms with Gasteiger partial charge < -0.3 is 0 Å². The Kier molecular flexibility index (Phi) is 6.68. The van der Waals surface area contributed by atoms with Crippen molar-refractivity contribution in [1.82, 2.24) is 0 Å². The molecule has 0 aliphatic rings. The molecule has 0 N–H and O–H groups in total. The van der Waals surface area contributed by atoms with Crippen LogP contribution >= 0.6 is 0 Å². The summed E-state index contributed by atoms with van der Waals surface area (Å²) in [4.78, 5) is 0. The summed E-state index contributed by atoms with van der Waals surface area (Å²) in [5.74, 6) is 3.57. The van der Waals surface area contributed by atoms with E-state index in [1.807, 2.05) is 0 Å². The monoisotopic (exact) mass is 348 g/mol. The number of hydrogen-bond acceptors (Lipinski definition) is 0. The lowest BCUT2D eigenvalue weighted by Crippen LogP contribution is -2.43.